The van der Waals surface area contributed by atoms with Crippen molar-refractivity contribution in [2.75, 3.05) is 45.8 Å². The van der Waals surface area contributed by atoms with Gasteiger partial charge in [-0.25, -0.2) is 4.99 Å². The second-order valence-electron chi connectivity index (χ2n) is 7.74. The molecule has 2 aliphatic heterocycles. The minimum absolute atomic E-state index is 0. The lowest BCUT2D eigenvalue weighted by Crippen LogP contribution is -2.56. The average molecular weight is 553 g/mol. The van der Waals surface area contributed by atoms with Crippen molar-refractivity contribution >= 4 is 35.8 Å². The van der Waals surface area contributed by atoms with Gasteiger partial charge in [-0.3, -0.25) is 9.69 Å². The van der Waals surface area contributed by atoms with Crippen LogP contribution in [0.1, 0.15) is 25.0 Å². The summed E-state index contributed by atoms with van der Waals surface area (Å²) in [5, 5.41) is 3.17. The lowest BCUT2D eigenvalue weighted by Gasteiger charge is -2.39. The van der Waals surface area contributed by atoms with E-state index in [9.17, 15) is 18.0 Å². The summed E-state index contributed by atoms with van der Waals surface area (Å²) < 4.78 is 38.9. The Morgan fingerprint density at radius 3 is 2.35 bits per heavy atom. The highest BCUT2D eigenvalue weighted by Crippen LogP contribution is 2.25. The molecule has 0 bridgehead atoms. The lowest BCUT2D eigenvalue weighted by atomic mass is 10.00. The second kappa shape index (κ2) is 11.3. The molecule has 0 spiro atoms. The van der Waals surface area contributed by atoms with E-state index in [0.717, 1.165) is 6.42 Å². The van der Waals surface area contributed by atoms with E-state index in [4.69, 9.17) is 0 Å². The number of benzene rings is 1. The summed E-state index contributed by atoms with van der Waals surface area (Å²) in [6, 6.07) is 6.68. The molecule has 2 aliphatic rings. The first-order valence-electron chi connectivity index (χ1n) is 10.5. The molecule has 1 amide bonds. The first-order chi connectivity index (χ1) is 14.3. The Labute approximate surface area is 198 Å². The molecule has 1 unspecified atom stereocenters. The molecule has 2 heterocycles. The predicted molar refractivity (Wildman–Crippen MR) is 126 cm³/mol. The van der Waals surface area contributed by atoms with Gasteiger partial charge < -0.3 is 15.1 Å². The molecule has 1 aromatic carbocycles. The molecule has 0 radical (unpaired) electrons. The van der Waals surface area contributed by atoms with E-state index in [-0.39, 0.29) is 36.4 Å². The Morgan fingerprint density at radius 2 is 1.74 bits per heavy atom. The van der Waals surface area contributed by atoms with Crippen LogP contribution in [0.3, 0.4) is 0 Å². The van der Waals surface area contributed by atoms with Crippen LogP contribution in [0, 0.1) is 0 Å². The van der Waals surface area contributed by atoms with Crippen LogP contribution < -0.4 is 5.32 Å². The maximum atomic E-state index is 13.0. The first kappa shape index (κ1) is 25.7. The number of carbonyl (C=O) groups excluding carboxylic acids is 1. The molecule has 1 N–H and O–H groups in total. The topological polar surface area (TPSA) is 51.2 Å². The van der Waals surface area contributed by atoms with Crippen molar-refractivity contribution in [2.45, 2.75) is 39.0 Å². The molecular formula is C21H31F3IN5O. The van der Waals surface area contributed by atoms with E-state index < -0.39 is 12.2 Å². The number of nitrogens with one attached hydrogen (secondary N) is 1. The van der Waals surface area contributed by atoms with Gasteiger partial charge in [0.25, 0.3) is 0 Å². The van der Waals surface area contributed by atoms with Gasteiger partial charge in [0.1, 0.15) is 12.6 Å². The Morgan fingerprint density at radius 1 is 1.10 bits per heavy atom. The predicted octanol–water partition coefficient (Wildman–Crippen LogP) is 2.72. The number of rotatable bonds is 4. The number of hydrogen-bond acceptors (Lipinski definition) is 3. The number of hydrogen-bond donors (Lipinski definition) is 1. The van der Waals surface area contributed by atoms with E-state index >= 15 is 0 Å². The molecule has 1 fully saturated rings. The molecular weight excluding hydrogens is 522 g/mol. The van der Waals surface area contributed by atoms with Crippen molar-refractivity contribution in [3.63, 3.8) is 0 Å². The van der Waals surface area contributed by atoms with E-state index in [2.05, 4.69) is 16.4 Å². The molecule has 3 rings (SSSR count). The Balaban J connectivity index is 0.00000341. The third-order valence-electron chi connectivity index (χ3n) is 5.82. The zero-order valence-corrected chi connectivity index (χ0v) is 20.3. The minimum Gasteiger partial charge on any atom is -0.357 e. The van der Waals surface area contributed by atoms with Gasteiger partial charge >= 0.3 is 6.18 Å². The summed E-state index contributed by atoms with van der Waals surface area (Å²) >= 11 is 0. The normalized spacial score (nSPS) is 18.8. The van der Waals surface area contributed by atoms with Gasteiger partial charge in [0.15, 0.2) is 5.96 Å². The number of amides is 1. The quantitative estimate of drug-likeness (QED) is 0.354. The Bertz CT molecular complexity index is 766. The van der Waals surface area contributed by atoms with Crippen molar-refractivity contribution in [1.82, 2.24) is 20.0 Å². The standard InChI is InChI=1S/C21H30F3N5O.HI/c1-3-25-20(28-12-10-27(11-13-28)16(2)21(22,23)24)26-14-19(30)29-9-8-17-6-4-5-7-18(17)15-29;/h4-7,16H,3,8-15H2,1-2H3,(H,25,26);1H. The van der Waals surface area contributed by atoms with Crippen LogP contribution in [0.25, 0.3) is 0 Å². The number of piperazine rings is 1. The van der Waals surface area contributed by atoms with E-state index in [1.54, 1.807) is 0 Å². The van der Waals surface area contributed by atoms with Gasteiger partial charge in [0.2, 0.25) is 5.91 Å². The smallest absolute Gasteiger partial charge is 0.357 e. The highest BCUT2D eigenvalue weighted by Gasteiger charge is 2.41. The summed E-state index contributed by atoms with van der Waals surface area (Å²) in [5.41, 5.74) is 2.45. The van der Waals surface area contributed by atoms with Gasteiger partial charge in [-0.05, 0) is 31.4 Å². The number of fused-ring (bicyclic) bond motifs is 1. The summed E-state index contributed by atoms with van der Waals surface area (Å²) in [5.74, 6) is 0.548. The molecule has 1 atom stereocenters. The minimum atomic E-state index is -4.22. The fourth-order valence-electron chi connectivity index (χ4n) is 3.90. The summed E-state index contributed by atoms with van der Waals surface area (Å²) in [4.78, 5) is 22.4. The molecule has 10 heteroatoms. The summed E-state index contributed by atoms with van der Waals surface area (Å²) in [7, 11) is 0. The van der Waals surface area contributed by atoms with E-state index in [1.807, 2.05) is 34.9 Å². The number of alkyl halides is 3. The fraction of sp³-hybridized carbons (Fsp3) is 0.619. The van der Waals surface area contributed by atoms with Crippen LogP contribution in [-0.2, 0) is 17.8 Å². The first-order valence-corrected chi connectivity index (χ1v) is 10.5. The third-order valence-corrected chi connectivity index (χ3v) is 5.82. The number of guanidine groups is 1. The maximum absolute atomic E-state index is 13.0. The van der Waals surface area contributed by atoms with E-state index in [1.165, 1.54) is 23.0 Å². The van der Waals surface area contributed by atoms with Crippen LogP contribution in [-0.4, -0.2) is 84.6 Å². The van der Waals surface area contributed by atoms with Crippen LogP contribution in [0.15, 0.2) is 29.3 Å². The SMILES string of the molecule is CCNC(=NCC(=O)N1CCc2ccccc2C1)N1CCN(C(C)C(F)(F)F)CC1.I. The average Bonchev–Trinajstić information content (AvgIpc) is 2.75. The fourth-order valence-corrected chi connectivity index (χ4v) is 3.90. The van der Waals surface area contributed by atoms with Gasteiger partial charge in [-0.1, -0.05) is 24.3 Å². The maximum Gasteiger partial charge on any atom is 0.403 e. The Kier molecular flexibility index (Phi) is 9.41. The van der Waals surface area contributed by atoms with Gasteiger partial charge in [0, 0.05) is 45.8 Å². The highest BCUT2D eigenvalue weighted by molar-refractivity contribution is 14.0. The van der Waals surface area contributed by atoms with Crippen LogP contribution >= 0.6 is 24.0 Å². The number of halogens is 4. The highest BCUT2D eigenvalue weighted by atomic mass is 127. The lowest BCUT2D eigenvalue weighted by molar-refractivity contribution is -0.181. The summed E-state index contributed by atoms with van der Waals surface area (Å²) in [6.07, 6.45) is -3.38. The largest absolute Gasteiger partial charge is 0.403 e. The zero-order chi connectivity index (χ0) is 21.7. The van der Waals surface area contributed by atoms with Crippen molar-refractivity contribution in [1.29, 1.82) is 0 Å². The van der Waals surface area contributed by atoms with Crippen LogP contribution in [0.2, 0.25) is 0 Å². The number of aliphatic imine (C=N–C) groups is 1. The monoisotopic (exact) mass is 553 g/mol. The number of nitrogens with zero attached hydrogens (tertiary/aromatic N) is 4. The summed E-state index contributed by atoms with van der Waals surface area (Å²) in [6.45, 7) is 6.56. The Hall–Kier alpha value is -1.56. The molecule has 174 valence electrons. The molecule has 0 aromatic heterocycles. The number of carbonyl (C=O) groups is 1. The van der Waals surface area contributed by atoms with Crippen molar-refractivity contribution in [3.8, 4) is 0 Å². The van der Waals surface area contributed by atoms with Gasteiger partial charge in [-0.2, -0.15) is 13.2 Å². The molecule has 1 aromatic rings. The molecule has 31 heavy (non-hydrogen) atoms. The van der Waals surface area contributed by atoms with Crippen LogP contribution in [0.5, 0.6) is 0 Å². The second-order valence-corrected chi connectivity index (χ2v) is 7.74. The zero-order valence-electron chi connectivity index (χ0n) is 18.0. The van der Waals surface area contributed by atoms with Crippen molar-refractivity contribution in [2.24, 2.45) is 4.99 Å². The molecule has 0 aliphatic carbocycles. The van der Waals surface area contributed by atoms with Crippen molar-refractivity contribution in [3.05, 3.63) is 35.4 Å². The molecule has 1 saturated heterocycles. The van der Waals surface area contributed by atoms with Gasteiger partial charge in [-0.15, -0.1) is 24.0 Å². The molecule has 6 nitrogen and oxygen atoms in total. The molecule has 0 saturated carbocycles. The van der Waals surface area contributed by atoms with Crippen LogP contribution in [0.4, 0.5) is 13.2 Å². The van der Waals surface area contributed by atoms with Crippen molar-refractivity contribution < 1.29 is 18.0 Å². The van der Waals surface area contributed by atoms with E-state index in [0.29, 0.717) is 51.8 Å². The third kappa shape index (κ3) is 6.71. The van der Waals surface area contributed by atoms with Gasteiger partial charge in [0.05, 0.1) is 0 Å².